The fourth-order valence-electron chi connectivity index (χ4n) is 3.61. The van der Waals surface area contributed by atoms with Crippen LogP contribution in [0.5, 0.6) is 0 Å². The van der Waals surface area contributed by atoms with E-state index in [-0.39, 0.29) is 12.3 Å². The average Bonchev–Trinajstić information content (AvgIpc) is 2.82. The second-order valence-corrected chi connectivity index (χ2v) is 9.62. The number of hydrogen-bond donors (Lipinski definition) is 6. The van der Waals surface area contributed by atoms with Gasteiger partial charge in [-0.05, 0) is 19.2 Å². The van der Waals surface area contributed by atoms with Crippen molar-refractivity contribution in [2.45, 2.75) is 50.7 Å². The smallest absolute Gasteiger partial charge is 0.327 e. The fourth-order valence-corrected chi connectivity index (χ4v) is 4.17. The lowest BCUT2D eigenvalue weighted by molar-refractivity contribution is -0.145. The molecule has 1 aliphatic heterocycles. The molecule has 0 unspecified atom stereocenters. The molecule has 0 spiro atoms. The Morgan fingerprint density at radius 3 is 1.59 bits per heavy atom. The third kappa shape index (κ3) is 12.7. The van der Waals surface area contributed by atoms with E-state index in [1.165, 1.54) is 11.8 Å². The highest BCUT2D eigenvalue weighted by molar-refractivity contribution is 7.98. The minimum absolute atomic E-state index is 0.0360. The van der Waals surface area contributed by atoms with Gasteiger partial charge in [0.2, 0.25) is 17.7 Å². The molecule has 14 nitrogen and oxygen atoms in total. The third-order valence-electron chi connectivity index (χ3n) is 5.67. The number of piperazine rings is 1. The highest BCUT2D eigenvalue weighted by Crippen LogP contribution is 2.05. The van der Waals surface area contributed by atoms with Crippen molar-refractivity contribution in [1.82, 2.24) is 25.8 Å². The number of carboxylic acid groups (broad SMARTS) is 3. The summed E-state index contributed by atoms with van der Waals surface area (Å²) in [4.78, 5) is 75.3. The molecular weight excluding hydrogens is 510 g/mol. The highest BCUT2D eigenvalue weighted by atomic mass is 32.2. The van der Waals surface area contributed by atoms with Gasteiger partial charge in [-0.2, -0.15) is 11.8 Å². The standard InChI is InChI=1S/C22H37N5O9S/c1-3-4-5-26-6-8-27(9-7-26)12-19(30)24-15(21(33)34)11-17(28)23-14(20(31)32)10-18(29)25-16(13-37-2)22(35)36/h14-16H,3-13H2,1-2H3,(H,23,28)(H,24,30)(H,25,29)(H,31,32)(H,33,34)(H,35,36)/t14-,15-,16-/m0/s1. The minimum atomic E-state index is -1.72. The molecule has 37 heavy (non-hydrogen) atoms. The maximum absolute atomic E-state index is 12.4. The Hall–Kier alpha value is -2.91. The maximum atomic E-state index is 12.4. The molecular formula is C22H37N5O9S. The zero-order valence-corrected chi connectivity index (χ0v) is 21.9. The Bertz CT molecular complexity index is 820. The normalized spacial score (nSPS) is 16.7. The molecule has 1 aliphatic rings. The van der Waals surface area contributed by atoms with E-state index in [0.29, 0.717) is 13.1 Å². The summed E-state index contributed by atoms with van der Waals surface area (Å²) < 4.78 is 0. The van der Waals surface area contributed by atoms with Gasteiger partial charge in [-0.15, -0.1) is 0 Å². The number of unbranched alkanes of at least 4 members (excludes halogenated alkanes) is 1. The molecule has 0 aromatic carbocycles. The second-order valence-electron chi connectivity index (χ2n) is 8.71. The summed E-state index contributed by atoms with van der Waals surface area (Å²) in [6.45, 7) is 5.96. The van der Waals surface area contributed by atoms with E-state index in [9.17, 15) is 39.0 Å². The van der Waals surface area contributed by atoms with E-state index in [1.54, 1.807) is 6.26 Å². The first-order valence-electron chi connectivity index (χ1n) is 12.0. The molecule has 1 saturated heterocycles. The van der Waals surface area contributed by atoms with Crippen LogP contribution in [0.1, 0.15) is 32.6 Å². The SMILES string of the molecule is CCCCN1CCN(CC(=O)N[C@@H](CC(=O)N[C@@H](CC(=O)N[C@@H](CSC)C(=O)O)C(=O)O)C(=O)O)CC1. The second kappa shape index (κ2) is 16.8. The molecule has 0 aromatic rings. The van der Waals surface area contributed by atoms with Crippen molar-refractivity contribution in [3.63, 3.8) is 0 Å². The summed E-state index contributed by atoms with van der Waals surface area (Å²) in [5.74, 6) is -6.77. The summed E-state index contributed by atoms with van der Waals surface area (Å²) in [5, 5.41) is 34.4. The number of thioether (sulfide) groups is 1. The number of aliphatic carboxylic acids is 3. The molecule has 1 heterocycles. The Labute approximate surface area is 219 Å². The van der Waals surface area contributed by atoms with Gasteiger partial charge in [-0.3, -0.25) is 19.3 Å². The molecule has 15 heteroatoms. The molecule has 6 N–H and O–H groups in total. The monoisotopic (exact) mass is 547 g/mol. The first kappa shape index (κ1) is 32.1. The van der Waals surface area contributed by atoms with Crippen LogP contribution in [0.25, 0.3) is 0 Å². The van der Waals surface area contributed by atoms with Crippen LogP contribution in [0.3, 0.4) is 0 Å². The minimum Gasteiger partial charge on any atom is -0.480 e. The molecule has 0 aliphatic carbocycles. The highest BCUT2D eigenvalue weighted by Gasteiger charge is 2.30. The fraction of sp³-hybridized carbons (Fsp3) is 0.727. The van der Waals surface area contributed by atoms with Crippen molar-refractivity contribution in [2.75, 3.05) is 51.3 Å². The van der Waals surface area contributed by atoms with Gasteiger partial charge >= 0.3 is 17.9 Å². The van der Waals surface area contributed by atoms with Gasteiger partial charge in [-0.25, -0.2) is 14.4 Å². The van der Waals surface area contributed by atoms with Gasteiger partial charge in [-0.1, -0.05) is 13.3 Å². The van der Waals surface area contributed by atoms with E-state index in [1.807, 2.05) is 4.90 Å². The summed E-state index contributed by atoms with van der Waals surface area (Å²) >= 11 is 1.17. The van der Waals surface area contributed by atoms with Crippen molar-refractivity contribution < 1.29 is 44.1 Å². The molecule has 0 bridgehead atoms. The number of amides is 3. The predicted molar refractivity (Wildman–Crippen MR) is 134 cm³/mol. The quantitative estimate of drug-likeness (QED) is 0.120. The van der Waals surface area contributed by atoms with E-state index in [2.05, 4.69) is 27.8 Å². The largest absolute Gasteiger partial charge is 0.480 e. The molecule has 0 radical (unpaired) electrons. The Morgan fingerprint density at radius 2 is 1.16 bits per heavy atom. The van der Waals surface area contributed by atoms with Crippen LogP contribution >= 0.6 is 11.8 Å². The zero-order valence-electron chi connectivity index (χ0n) is 21.1. The van der Waals surface area contributed by atoms with Gasteiger partial charge < -0.3 is 36.2 Å². The number of carbonyl (C=O) groups is 6. The molecule has 3 amide bonds. The Morgan fingerprint density at radius 1 is 0.730 bits per heavy atom. The molecule has 3 atom stereocenters. The first-order valence-corrected chi connectivity index (χ1v) is 13.4. The molecule has 1 fully saturated rings. The lowest BCUT2D eigenvalue weighted by atomic mass is 10.1. The van der Waals surface area contributed by atoms with Crippen LogP contribution in [0.2, 0.25) is 0 Å². The topological polar surface area (TPSA) is 206 Å². The van der Waals surface area contributed by atoms with Crippen LogP contribution in [0, 0.1) is 0 Å². The summed E-state index contributed by atoms with van der Waals surface area (Å²) in [5.41, 5.74) is 0. The van der Waals surface area contributed by atoms with Gasteiger partial charge in [0.1, 0.15) is 18.1 Å². The number of rotatable bonds is 17. The number of carbonyl (C=O) groups excluding carboxylic acids is 3. The van der Waals surface area contributed by atoms with Crippen molar-refractivity contribution in [3.05, 3.63) is 0 Å². The summed E-state index contributed by atoms with van der Waals surface area (Å²) in [7, 11) is 0. The van der Waals surface area contributed by atoms with Crippen molar-refractivity contribution >= 4 is 47.4 Å². The molecule has 0 saturated carbocycles. The summed E-state index contributed by atoms with van der Waals surface area (Å²) in [6, 6.07) is -4.55. The number of nitrogens with zero attached hydrogens (tertiary/aromatic N) is 2. The van der Waals surface area contributed by atoms with E-state index >= 15 is 0 Å². The molecule has 0 aromatic heterocycles. The predicted octanol–water partition coefficient (Wildman–Crippen LogP) is -1.74. The van der Waals surface area contributed by atoms with Crippen molar-refractivity contribution in [2.24, 2.45) is 0 Å². The average molecular weight is 548 g/mol. The lowest BCUT2D eigenvalue weighted by Gasteiger charge is -2.34. The van der Waals surface area contributed by atoms with Crippen LogP contribution in [0.4, 0.5) is 0 Å². The maximum Gasteiger partial charge on any atom is 0.327 e. The van der Waals surface area contributed by atoms with Crippen LogP contribution in [0.15, 0.2) is 0 Å². The van der Waals surface area contributed by atoms with E-state index in [0.717, 1.165) is 32.5 Å². The molecule has 1 rings (SSSR count). The van der Waals surface area contributed by atoms with Crippen molar-refractivity contribution in [1.29, 1.82) is 0 Å². The van der Waals surface area contributed by atoms with Gasteiger partial charge in [0.15, 0.2) is 0 Å². The van der Waals surface area contributed by atoms with E-state index < -0.39 is 66.6 Å². The van der Waals surface area contributed by atoms with Crippen LogP contribution in [-0.2, 0) is 28.8 Å². The van der Waals surface area contributed by atoms with Crippen LogP contribution in [-0.4, -0.2) is 130 Å². The number of nitrogens with one attached hydrogen (secondary N) is 3. The zero-order chi connectivity index (χ0) is 28.0. The van der Waals surface area contributed by atoms with Gasteiger partial charge in [0.05, 0.1) is 19.4 Å². The van der Waals surface area contributed by atoms with Crippen LogP contribution < -0.4 is 16.0 Å². The van der Waals surface area contributed by atoms with Crippen molar-refractivity contribution in [3.8, 4) is 0 Å². The van der Waals surface area contributed by atoms with Gasteiger partial charge in [0.25, 0.3) is 0 Å². The Balaban J connectivity index is 2.59. The first-order chi connectivity index (χ1) is 17.5. The number of carboxylic acids is 3. The Kier molecular flexibility index (Phi) is 14.5. The van der Waals surface area contributed by atoms with E-state index in [4.69, 9.17) is 5.11 Å². The third-order valence-corrected chi connectivity index (χ3v) is 6.34. The number of hydrogen-bond acceptors (Lipinski definition) is 9. The molecule has 210 valence electrons. The summed E-state index contributed by atoms with van der Waals surface area (Å²) in [6.07, 6.45) is 2.32. The van der Waals surface area contributed by atoms with Gasteiger partial charge in [0, 0.05) is 31.9 Å². The lowest BCUT2D eigenvalue weighted by Crippen LogP contribution is -2.53.